The van der Waals surface area contributed by atoms with Crippen molar-refractivity contribution in [2.75, 3.05) is 25.7 Å². The van der Waals surface area contributed by atoms with Crippen LogP contribution in [0.25, 0.3) is 0 Å². The number of halogens is 1. The zero-order valence-electron chi connectivity index (χ0n) is 7.40. The number of pyridine rings is 1. The average Bonchev–Trinajstić information content (AvgIpc) is 2.22. The summed E-state index contributed by atoms with van der Waals surface area (Å²) in [6, 6.07) is 5.72. The summed E-state index contributed by atoms with van der Waals surface area (Å²) >= 11 is 5.23. The molecule has 0 amide bonds. The lowest BCUT2D eigenvalue weighted by Gasteiger charge is -1.94. The van der Waals surface area contributed by atoms with Crippen molar-refractivity contribution in [2.24, 2.45) is 0 Å². The van der Waals surface area contributed by atoms with Gasteiger partial charge in [0.25, 0.3) is 0 Å². The summed E-state index contributed by atoms with van der Waals surface area (Å²) in [5.74, 6) is 0.500. The van der Waals surface area contributed by atoms with Crippen LogP contribution >= 0.6 is 11.6 Å². The van der Waals surface area contributed by atoms with Crippen LogP contribution in [0.1, 0.15) is 0 Å². The van der Waals surface area contributed by atoms with E-state index in [1.54, 1.807) is 12.4 Å². The third kappa shape index (κ3) is 11.4. The predicted molar refractivity (Wildman–Crippen MR) is 52.9 cm³/mol. The lowest BCUT2D eigenvalue weighted by molar-refractivity contribution is 0.103. The molecule has 0 aromatic carbocycles. The van der Waals surface area contributed by atoms with Crippen LogP contribution in [0.2, 0.25) is 0 Å². The number of aromatic nitrogens is 1. The van der Waals surface area contributed by atoms with Gasteiger partial charge in [0.05, 0.1) is 19.8 Å². The molecule has 0 saturated carbocycles. The highest BCUT2D eigenvalue weighted by atomic mass is 35.5. The molecule has 0 radical (unpaired) electrons. The maximum Gasteiger partial charge on any atom is 0.0698 e. The molecule has 13 heavy (non-hydrogen) atoms. The fourth-order valence-corrected chi connectivity index (χ4v) is 0.643. The molecular formula is C9H14ClNO2. The molecule has 0 aliphatic rings. The lowest BCUT2D eigenvalue weighted by atomic mass is 10.5. The maximum atomic E-state index is 8.12. The van der Waals surface area contributed by atoms with Crippen LogP contribution in [0.5, 0.6) is 0 Å². The molecule has 74 valence electrons. The van der Waals surface area contributed by atoms with E-state index < -0.39 is 0 Å². The first-order chi connectivity index (χ1) is 6.41. The van der Waals surface area contributed by atoms with E-state index in [1.165, 1.54) is 0 Å². The van der Waals surface area contributed by atoms with Gasteiger partial charge in [0.2, 0.25) is 0 Å². The Hall–Kier alpha value is -0.640. The molecule has 0 saturated heterocycles. The minimum Gasteiger partial charge on any atom is -0.394 e. The van der Waals surface area contributed by atoms with Gasteiger partial charge >= 0.3 is 0 Å². The van der Waals surface area contributed by atoms with Crippen LogP contribution in [0.15, 0.2) is 30.6 Å². The number of alkyl halides is 1. The Bertz CT molecular complexity index is 142. The minimum atomic E-state index is 0.0802. The first kappa shape index (κ1) is 12.4. The first-order valence-corrected chi connectivity index (χ1v) is 4.55. The fourth-order valence-electron chi connectivity index (χ4n) is 0.534. The largest absolute Gasteiger partial charge is 0.394 e. The Morgan fingerprint density at radius 2 is 1.85 bits per heavy atom. The Labute approximate surface area is 83.3 Å². The monoisotopic (exact) mass is 203 g/mol. The summed E-state index contributed by atoms with van der Waals surface area (Å²) in [7, 11) is 0. The van der Waals surface area contributed by atoms with Crippen LogP contribution in [0, 0.1) is 0 Å². The SMILES string of the molecule is OCCOCCCl.c1ccncc1. The summed E-state index contributed by atoms with van der Waals surface area (Å²) in [5.41, 5.74) is 0. The van der Waals surface area contributed by atoms with Crippen molar-refractivity contribution in [2.45, 2.75) is 0 Å². The van der Waals surface area contributed by atoms with Gasteiger partial charge in [-0.05, 0) is 12.1 Å². The van der Waals surface area contributed by atoms with Gasteiger partial charge in [-0.2, -0.15) is 0 Å². The molecule has 4 heteroatoms. The van der Waals surface area contributed by atoms with E-state index in [9.17, 15) is 0 Å². The van der Waals surface area contributed by atoms with Crippen molar-refractivity contribution >= 4 is 11.6 Å². The van der Waals surface area contributed by atoms with Crippen molar-refractivity contribution in [1.82, 2.24) is 4.98 Å². The Morgan fingerprint density at radius 1 is 1.15 bits per heavy atom. The van der Waals surface area contributed by atoms with Crippen LogP contribution in [0.4, 0.5) is 0 Å². The van der Waals surface area contributed by atoms with Gasteiger partial charge in [0.15, 0.2) is 0 Å². The van der Waals surface area contributed by atoms with E-state index in [4.69, 9.17) is 21.4 Å². The summed E-state index contributed by atoms with van der Waals surface area (Å²) in [5, 5.41) is 8.12. The van der Waals surface area contributed by atoms with E-state index in [2.05, 4.69) is 4.98 Å². The number of ether oxygens (including phenoxy) is 1. The van der Waals surface area contributed by atoms with Crippen LogP contribution in [-0.4, -0.2) is 35.8 Å². The zero-order chi connectivity index (χ0) is 9.78. The van der Waals surface area contributed by atoms with Crippen molar-refractivity contribution in [1.29, 1.82) is 0 Å². The van der Waals surface area contributed by atoms with Gasteiger partial charge in [-0.15, -0.1) is 11.6 Å². The second kappa shape index (κ2) is 11.4. The van der Waals surface area contributed by atoms with Crippen LogP contribution in [-0.2, 0) is 4.74 Å². The highest BCUT2D eigenvalue weighted by Crippen LogP contribution is 1.76. The highest BCUT2D eigenvalue weighted by Gasteiger charge is 1.79. The number of nitrogens with zero attached hydrogens (tertiary/aromatic N) is 1. The molecule has 0 fully saturated rings. The standard InChI is InChI=1S/C5H5N.C4H9ClO2/c1-2-4-6-5-3-1;5-1-3-7-4-2-6/h1-5H;6H,1-4H2. The van der Waals surface area contributed by atoms with Gasteiger partial charge in [0, 0.05) is 18.3 Å². The summed E-state index contributed by atoms with van der Waals surface area (Å²) < 4.78 is 4.75. The second-order valence-corrected chi connectivity index (χ2v) is 2.43. The third-order valence-corrected chi connectivity index (χ3v) is 1.18. The second-order valence-electron chi connectivity index (χ2n) is 2.05. The molecule has 0 aliphatic carbocycles. The normalized spacial score (nSPS) is 8.77. The number of hydrogen-bond acceptors (Lipinski definition) is 3. The molecule has 1 aromatic heterocycles. The number of aliphatic hydroxyl groups is 1. The fraction of sp³-hybridized carbons (Fsp3) is 0.444. The summed E-state index contributed by atoms with van der Waals surface area (Å²) in [4.78, 5) is 3.78. The van der Waals surface area contributed by atoms with Gasteiger partial charge < -0.3 is 9.84 Å². The maximum absolute atomic E-state index is 8.12. The number of aliphatic hydroxyl groups excluding tert-OH is 1. The van der Waals surface area contributed by atoms with Crippen molar-refractivity contribution < 1.29 is 9.84 Å². The smallest absolute Gasteiger partial charge is 0.0698 e. The summed E-state index contributed by atoms with van der Waals surface area (Å²) in [6.07, 6.45) is 3.50. The van der Waals surface area contributed by atoms with Crippen LogP contribution < -0.4 is 0 Å². The van der Waals surface area contributed by atoms with Crippen LogP contribution in [0.3, 0.4) is 0 Å². The van der Waals surface area contributed by atoms with Gasteiger partial charge in [0.1, 0.15) is 0 Å². The Morgan fingerprint density at radius 3 is 2.15 bits per heavy atom. The van der Waals surface area contributed by atoms with E-state index in [0.717, 1.165) is 0 Å². The third-order valence-electron chi connectivity index (χ3n) is 1.02. The minimum absolute atomic E-state index is 0.0802. The van der Waals surface area contributed by atoms with E-state index >= 15 is 0 Å². The molecule has 1 N–H and O–H groups in total. The molecule has 1 heterocycles. The van der Waals surface area contributed by atoms with Gasteiger partial charge in [-0.1, -0.05) is 6.07 Å². The summed E-state index contributed by atoms with van der Waals surface area (Å²) in [6.45, 7) is 1.01. The Balaban J connectivity index is 0.000000223. The van der Waals surface area contributed by atoms with Gasteiger partial charge in [-0.25, -0.2) is 0 Å². The van der Waals surface area contributed by atoms with Crippen molar-refractivity contribution in [3.63, 3.8) is 0 Å². The average molecular weight is 204 g/mol. The highest BCUT2D eigenvalue weighted by molar-refractivity contribution is 6.17. The first-order valence-electron chi connectivity index (χ1n) is 4.01. The Kier molecular flexibility index (Phi) is 10.8. The van der Waals surface area contributed by atoms with Crippen molar-refractivity contribution in [3.05, 3.63) is 30.6 Å². The van der Waals surface area contributed by atoms with Gasteiger partial charge in [-0.3, -0.25) is 4.98 Å². The molecule has 3 nitrogen and oxygen atoms in total. The molecule has 0 aliphatic heterocycles. The predicted octanol–water partition coefficient (Wildman–Crippen LogP) is 1.32. The number of rotatable bonds is 4. The van der Waals surface area contributed by atoms with Crippen molar-refractivity contribution in [3.8, 4) is 0 Å². The van der Waals surface area contributed by atoms with E-state index in [0.29, 0.717) is 19.1 Å². The molecule has 0 spiro atoms. The zero-order valence-corrected chi connectivity index (χ0v) is 8.15. The molecule has 1 aromatic rings. The molecule has 0 atom stereocenters. The topological polar surface area (TPSA) is 42.4 Å². The van der Waals surface area contributed by atoms with E-state index in [-0.39, 0.29) is 6.61 Å². The molecule has 0 bridgehead atoms. The quantitative estimate of drug-likeness (QED) is 0.593. The number of hydrogen-bond donors (Lipinski definition) is 1. The molecule has 1 rings (SSSR count). The van der Waals surface area contributed by atoms with E-state index in [1.807, 2.05) is 18.2 Å². The lowest BCUT2D eigenvalue weighted by Crippen LogP contribution is -2.00. The molecular weight excluding hydrogens is 190 g/mol. The molecule has 0 unspecified atom stereocenters.